The molecule has 0 radical (unpaired) electrons. The maximum Gasteiger partial charge on any atom is 0.242 e. The summed E-state index contributed by atoms with van der Waals surface area (Å²) in [5.41, 5.74) is 1.64. The van der Waals surface area contributed by atoms with Crippen molar-refractivity contribution in [3.63, 3.8) is 0 Å². The molecule has 1 N–H and O–H groups in total. The molecule has 2 amide bonds. The minimum absolute atomic E-state index is 0.0761. The Kier molecular flexibility index (Phi) is 8.73. The summed E-state index contributed by atoms with van der Waals surface area (Å²) in [5, 5.41) is 3.49. The maximum absolute atomic E-state index is 14.4. The third kappa shape index (κ3) is 6.47. The molecule has 0 aromatic heterocycles. The zero-order valence-electron chi connectivity index (χ0n) is 17.8. The van der Waals surface area contributed by atoms with Crippen LogP contribution in [0.25, 0.3) is 0 Å². The summed E-state index contributed by atoms with van der Waals surface area (Å²) in [6.45, 7) is 0.0761. The molecule has 8 heteroatoms. The lowest BCUT2D eigenvalue weighted by molar-refractivity contribution is -0.140. The number of rotatable bonds is 8. The van der Waals surface area contributed by atoms with E-state index in [1.165, 1.54) is 30.1 Å². The Hall–Kier alpha value is -2.60. The SMILES string of the molecule is CNC(=O)C(Cc1ccccc1)N(Cc1ccc(Cl)c(Cl)c1)C(=O)Cc1c(F)cccc1Cl. The molecule has 0 bridgehead atoms. The summed E-state index contributed by atoms with van der Waals surface area (Å²) in [7, 11) is 1.51. The van der Waals surface area contributed by atoms with E-state index in [0.717, 1.165) is 5.56 Å². The quantitative estimate of drug-likeness (QED) is 0.424. The predicted molar refractivity (Wildman–Crippen MR) is 130 cm³/mol. The Morgan fingerprint density at radius 2 is 1.64 bits per heavy atom. The van der Waals surface area contributed by atoms with Gasteiger partial charge in [0.05, 0.1) is 16.5 Å². The van der Waals surface area contributed by atoms with Gasteiger partial charge in [-0.15, -0.1) is 0 Å². The van der Waals surface area contributed by atoms with Gasteiger partial charge in [-0.3, -0.25) is 9.59 Å². The van der Waals surface area contributed by atoms with Gasteiger partial charge in [-0.25, -0.2) is 4.39 Å². The zero-order valence-corrected chi connectivity index (χ0v) is 20.1. The largest absolute Gasteiger partial charge is 0.357 e. The summed E-state index contributed by atoms with van der Waals surface area (Å²) in [6.07, 6.45) is -0.0201. The molecule has 3 rings (SSSR count). The third-order valence-electron chi connectivity index (χ3n) is 5.24. The standard InChI is InChI=1S/C25H22Cl3FN2O2/c1-30-25(33)23(13-16-6-3-2-4-7-16)31(15-17-10-11-20(27)21(28)12-17)24(32)14-18-19(26)8-5-9-22(18)29/h2-12,23H,13-15H2,1H3,(H,30,33). The molecule has 0 spiro atoms. The Balaban J connectivity index is 2.00. The maximum atomic E-state index is 14.4. The average Bonchev–Trinajstić information content (AvgIpc) is 2.81. The Bertz CT molecular complexity index is 1120. The van der Waals surface area contributed by atoms with Gasteiger partial charge in [0.1, 0.15) is 11.9 Å². The molecule has 0 aliphatic rings. The molecule has 172 valence electrons. The van der Waals surface area contributed by atoms with Crippen LogP contribution in [0, 0.1) is 5.82 Å². The number of nitrogens with one attached hydrogen (secondary N) is 1. The molecule has 0 saturated heterocycles. The fourth-order valence-electron chi connectivity index (χ4n) is 3.51. The second-order valence-corrected chi connectivity index (χ2v) is 8.69. The summed E-state index contributed by atoms with van der Waals surface area (Å²) in [4.78, 5) is 27.8. The summed E-state index contributed by atoms with van der Waals surface area (Å²) >= 11 is 18.4. The smallest absolute Gasteiger partial charge is 0.242 e. The predicted octanol–water partition coefficient (Wildman–Crippen LogP) is 5.71. The molecule has 3 aromatic carbocycles. The van der Waals surface area contributed by atoms with Gasteiger partial charge in [0, 0.05) is 30.6 Å². The van der Waals surface area contributed by atoms with E-state index >= 15 is 0 Å². The summed E-state index contributed by atoms with van der Waals surface area (Å²) in [6, 6.07) is 17.8. The van der Waals surface area contributed by atoms with Crippen molar-refractivity contribution < 1.29 is 14.0 Å². The van der Waals surface area contributed by atoms with Crippen LogP contribution in [0.1, 0.15) is 16.7 Å². The highest BCUT2D eigenvalue weighted by molar-refractivity contribution is 6.42. The van der Waals surface area contributed by atoms with Gasteiger partial charge in [-0.05, 0) is 35.4 Å². The van der Waals surface area contributed by atoms with Crippen molar-refractivity contribution in [1.82, 2.24) is 10.2 Å². The number of likely N-dealkylation sites (N-methyl/N-ethyl adjacent to an activating group) is 1. The van der Waals surface area contributed by atoms with E-state index in [1.807, 2.05) is 30.3 Å². The molecule has 0 aliphatic heterocycles. The van der Waals surface area contributed by atoms with Crippen LogP contribution in [-0.4, -0.2) is 29.8 Å². The lowest BCUT2D eigenvalue weighted by atomic mass is 10.0. The number of nitrogens with zero attached hydrogens (tertiary/aromatic N) is 1. The van der Waals surface area contributed by atoms with Gasteiger partial charge >= 0.3 is 0 Å². The molecule has 33 heavy (non-hydrogen) atoms. The normalized spacial score (nSPS) is 11.7. The molecular weight excluding hydrogens is 486 g/mol. The van der Waals surface area contributed by atoms with Crippen molar-refractivity contribution in [3.05, 3.63) is 104 Å². The van der Waals surface area contributed by atoms with Crippen molar-refractivity contribution in [2.75, 3.05) is 7.05 Å². The molecule has 0 heterocycles. The topological polar surface area (TPSA) is 49.4 Å². The van der Waals surface area contributed by atoms with Crippen molar-refractivity contribution in [2.24, 2.45) is 0 Å². The van der Waals surface area contributed by atoms with E-state index in [9.17, 15) is 14.0 Å². The molecule has 1 atom stereocenters. The van der Waals surface area contributed by atoms with Crippen molar-refractivity contribution in [1.29, 1.82) is 0 Å². The Labute approximate surface area is 207 Å². The van der Waals surface area contributed by atoms with Crippen LogP contribution in [0.3, 0.4) is 0 Å². The van der Waals surface area contributed by atoms with Crippen LogP contribution in [0.2, 0.25) is 15.1 Å². The average molecular weight is 508 g/mol. The van der Waals surface area contributed by atoms with E-state index in [1.54, 1.807) is 18.2 Å². The van der Waals surface area contributed by atoms with E-state index in [-0.39, 0.29) is 35.9 Å². The number of hydrogen-bond donors (Lipinski definition) is 1. The number of halogens is 4. The van der Waals surface area contributed by atoms with E-state index in [4.69, 9.17) is 34.8 Å². The van der Waals surface area contributed by atoms with Gasteiger partial charge in [0.25, 0.3) is 0 Å². The van der Waals surface area contributed by atoms with Crippen LogP contribution in [0.15, 0.2) is 66.7 Å². The van der Waals surface area contributed by atoms with Crippen LogP contribution >= 0.6 is 34.8 Å². The molecule has 4 nitrogen and oxygen atoms in total. The molecule has 0 aliphatic carbocycles. The monoisotopic (exact) mass is 506 g/mol. The van der Waals surface area contributed by atoms with Gasteiger partial charge in [-0.1, -0.05) is 77.3 Å². The first kappa shape index (κ1) is 25.0. The highest BCUT2D eigenvalue weighted by Crippen LogP contribution is 2.26. The van der Waals surface area contributed by atoms with Crippen molar-refractivity contribution >= 4 is 46.6 Å². The Morgan fingerprint density at radius 3 is 2.27 bits per heavy atom. The first-order valence-electron chi connectivity index (χ1n) is 10.2. The van der Waals surface area contributed by atoms with Crippen molar-refractivity contribution in [2.45, 2.75) is 25.4 Å². The highest BCUT2D eigenvalue weighted by atomic mass is 35.5. The summed E-state index contributed by atoms with van der Waals surface area (Å²) in [5.74, 6) is -1.37. The van der Waals surface area contributed by atoms with Crippen molar-refractivity contribution in [3.8, 4) is 0 Å². The fraction of sp³-hybridized carbons (Fsp3) is 0.200. The summed E-state index contributed by atoms with van der Waals surface area (Å²) < 4.78 is 14.4. The van der Waals surface area contributed by atoms with Crippen LogP contribution in [0.5, 0.6) is 0 Å². The first-order valence-corrected chi connectivity index (χ1v) is 11.3. The third-order valence-corrected chi connectivity index (χ3v) is 6.34. The Morgan fingerprint density at radius 1 is 0.909 bits per heavy atom. The highest BCUT2D eigenvalue weighted by Gasteiger charge is 2.30. The molecule has 0 fully saturated rings. The van der Waals surface area contributed by atoms with E-state index in [0.29, 0.717) is 15.6 Å². The number of carbonyl (C=O) groups excluding carboxylic acids is 2. The van der Waals surface area contributed by atoms with Crippen LogP contribution in [-0.2, 0) is 29.0 Å². The second-order valence-electron chi connectivity index (χ2n) is 7.47. The van der Waals surface area contributed by atoms with Crippen LogP contribution in [0.4, 0.5) is 4.39 Å². The minimum atomic E-state index is -0.843. The van der Waals surface area contributed by atoms with Crippen LogP contribution < -0.4 is 5.32 Å². The zero-order chi connectivity index (χ0) is 24.0. The second kappa shape index (κ2) is 11.5. The molecule has 0 saturated carbocycles. The lowest BCUT2D eigenvalue weighted by Crippen LogP contribution is -2.50. The molecular formula is C25H22Cl3FN2O2. The number of amides is 2. The van der Waals surface area contributed by atoms with Gasteiger partial charge in [0.2, 0.25) is 11.8 Å². The minimum Gasteiger partial charge on any atom is -0.357 e. The number of hydrogen-bond acceptors (Lipinski definition) is 2. The lowest BCUT2D eigenvalue weighted by Gasteiger charge is -2.31. The number of carbonyl (C=O) groups is 2. The number of benzene rings is 3. The van der Waals surface area contributed by atoms with Gasteiger partial charge < -0.3 is 10.2 Å². The van der Waals surface area contributed by atoms with Gasteiger partial charge in [-0.2, -0.15) is 0 Å². The van der Waals surface area contributed by atoms with E-state index in [2.05, 4.69) is 5.32 Å². The van der Waals surface area contributed by atoms with Gasteiger partial charge in [0.15, 0.2) is 0 Å². The first-order chi connectivity index (χ1) is 15.8. The fourth-order valence-corrected chi connectivity index (χ4v) is 4.06. The molecule has 3 aromatic rings. The molecule has 1 unspecified atom stereocenters. The van der Waals surface area contributed by atoms with E-state index < -0.39 is 17.8 Å².